The number of oxime groups is 2. The molecule has 0 saturated heterocycles. The quantitative estimate of drug-likeness (QED) is 0.0824. The lowest BCUT2D eigenvalue weighted by Gasteiger charge is -2.24. The molecule has 0 saturated carbocycles. The molecule has 6 aromatic rings. The van der Waals surface area contributed by atoms with E-state index in [1.165, 1.54) is 0 Å². The Hall–Kier alpha value is -6.85. The number of aryl methyl sites for hydroxylation is 1. The summed E-state index contributed by atoms with van der Waals surface area (Å²) in [5, 5.41) is 15.7. The lowest BCUT2D eigenvalue weighted by molar-refractivity contribution is -0.140. The van der Waals surface area contributed by atoms with Crippen LogP contribution in [0, 0.1) is 12.7 Å². The van der Waals surface area contributed by atoms with Gasteiger partial charge in [-0.3, -0.25) is 19.2 Å². The molecule has 6 aromatic carbocycles. The van der Waals surface area contributed by atoms with Gasteiger partial charge in [0.05, 0.1) is 22.0 Å². The molecule has 382 valence electrons. The van der Waals surface area contributed by atoms with Crippen LogP contribution in [0.1, 0.15) is 113 Å². The van der Waals surface area contributed by atoms with E-state index in [0.29, 0.717) is 62.6 Å². The maximum absolute atomic E-state index is 14.1. The first-order valence-electron chi connectivity index (χ1n) is 22.9. The van der Waals surface area contributed by atoms with E-state index >= 15 is 0 Å². The van der Waals surface area contributed by atoms with Gasteiger partial charge >= 0.3 is 12.4 Å². The Morgan fingerprint density at radius 1 is 0.630 bits per heavy atom. The Morgan fingerprint density at radius 3 is 1.55 bits per heavy atom. The molecule has 0 fully saturated rings. The molecule has 0 spiro atoms. The molecule has 2 N–H and O–H groups in total. The van der Waals surface area contributed by atoms with Crippen LogP contribution >= 0.6 is 23.2 Å². The third-order valence-corrected chi connectivity index (χ3v) is 12.9. The average molecular weight is 1050 g/mol. The molecular formula is C54H47Cl2F7N4O6. The first-order valence-corrected chi connectivity index (χ1v) is 23.7. The van der Waals surface area contributed by atoms with Gasteiger partial charge in [0.25, 0.3) is 0 Å². The van der Waals surface area contributed by atoms with Crippen molar-refractivity contribution in [3.8, 4) is 0 Å². The van der Waals surface area contributed by atoms with Crippen molar-refractivity contribution in [2.24, 2.45) is 10.3 Å². The minimum atomic E-state index is -4.93. The van der Waals surface area contributed by atoms with Crippen molar-refractivity contribution < 1.29 is 59.6 Å². The van der Waals surface area contributed by atoms with E-state index < -0.39 is 52.4 Å². The standard InChI is InChI=1S/C27H23ClF4N2O3.C27H24ClF3N2O3/c1-3-33-24(36)11-10-23(35)19-9-8-18(16-6-4-5-7-17(16)19)22-14-26(2,37-34-22)15-12-20(27(30,31)32)25(29)21(28)13-15;1-16-11-17(13-18(28)12-16)26(2)14-23(33-36-26)21-7-8-22(20-6-4-3-5-19(20)21)24(34)9-10-25(35)32-15-27(29,30)31/h4-9,12-13H,3,10-11,14H2,1-2H3,(H,33,36);3-8,11-13H,9-10,14-15H2,1-2H3,(H,32,35). The van der Waals surface area contributed by atoms with E-state index in [0.717, 1.165) is 33.9 Å². The first kappa shape index (κ1) is 53.9. The van der Waals surface area contributed by atoms with Gasteiger partial charge in [-0.2, -0.15) is 26.3 Å². The zero-order valence-electron chi connectivity index (χ0n) is 39.7. The molecule has 2 heterocycles. The van der Waals surface area contributed by atoms with E-state index in [1.54, 1.807) is 79.8 Å². The van der Waals surface area contributed by atoms with Crippen LogP contribution in [-0.2, 0) is 36.6 Å². The molecule has 0 aliphatic carbocycles. The van der Waals surface area contributed by atoms with Gasteiger partial charge in [0.1, 0.15) is 6.54 Å². The topological polar surface area (TPSA) is 136 Å². The number of carbonyl (C=O) groups is 4. The lowest BCUT2D eigenvalue weighted by Crippen LogP contribution is -2.33. The van der Waals surface area contributed by atoms with E-state index in [-0.39, 0.29) is 55.1 Å². The predicted molar refractivity (Wildman–Crippen MR) is 265 cm³/mol. The van der Waals surface area contributed by atoms with E-state index in [4.69, 9.17) is 32.9 Å². The second-order valence-electron chi connectivity index (χ2n) is 18.0. The summed E-state index contributed by atoms with van der Waals surface area (Å²) in [5.41, 5.74) is 1.92. The van der Waals surface area contributed by atoms with Gasteiger partial charge < -0.3 is 20.3 Å². The molecule has 73 heavy (non-hydrogen) atoms. The SMILES string of the molecule is CCNC(=O)CCC(=O)c1ccc(C2=NOC(C)(c3cc(Cl)c(F)c(C(F)(F)F)c3)C2)c2ccccc12.Cc1cc(Cl)cc(C2(C)CC(c3ccc(C(=O)CCC(=O)NCC(F)(F)F)c4ccccc34)=NO2)c1. The second kappa shape index (κ2) is 21.7. The second-order valence-corrected chi connectivity index (χ2v) is 18.9. The number of fused-ring (bicyclic) bond motifs is 2. The Kier molecular flexibility index (Phi) is 16.0. The van der Waals surface area contributed by atoms with Gasteiger partial charge in [0, 0.05) is 77.9 Å². The van der Waals surface area contributed by atoms with Gasteiger partial charge in [0.2, 0.25) is 11.8 Å². The fourth-order valence-electron chi connectivity index (χ4n) is 8.70. The largest absolute Gasteiger partial charge is 0.419 e. The van der Waals surface area contributed by atoms with Crippen LogP contribution < -0.4 is 10.6 Å². The lowest BCUT2D eigenvalue weighted by atomic mass is 9.86. The van der Waals surface area contributed by atoms with Crippen molar-refractivity contribution in [1.29, 1.82) is 0 Å². The average Bonchev–Trinajstić information content (AvgIpc) is 3.95. The third-order valence-electron chi connectivity index (χ3n) is 12.4. The number of ketones is 2. The summed E-state index contributed by atoms with van der Waals surface area (Å²) in [6.07, 6.45) is -9.28. The molecule has 8 rings (SSSR count). The number of Topliss-reactive ketones (excluding diaryl/α,β-unsaturated/α-hetero) is 2. The van der Waals surface area contributed by atoms with Crippen molar-refractivity contribution in [2.75, 3.05) is 13.1 Å². The number of hydrogen-bond donors (Lipinski definition) is 2. The zero-order chi connectivity index (χ0) is 53.0. The summed E-state index contributed by atoms with van der Waals surface area (Å²) in [6.45, 7) is 6.31. The number of alkyl halides is 6. The molecular weight excluding hydrogens is 1000 g/mol. The van der Waals surface area contributed by atoms with Crippen molar-refractivity contribution >= 4 is 79.6 Å². The number of nitrogens with one attached hydrogen (secondary N) is 2. The first-order chi connectivity index (χ1) is 34.4. The van der Waals surface area contributed by atoms with Gasteiger partial charge in [-0.05, 0) is 84.6 Å². The summed E-state index contributed by atoms with van der Waals surface area (Å²) >= 11 is 12.0. The fourth-order valence-corrected chi connectivity index (χ4v) is 9.21. The Labute approximate surface area is 424 Å². The highest BCUT2D eigenvalue weighted by molar-refractivity contribution is 6.31. The van der Waals surface area contributed by atoms with Crippen molar-refractivity contribution in [2.45, 2.75) is 89.8 Å². The number of hydrogen-bond acceptors (Lipinski definition) is 8. The summed E-state index contributed by atoms with van der Waals surface area (Å²) in [4.78, 5) is 60.8. The smallest absolute Gasteiger partial charge is 0.384 e. The highest BCUT2D eigenvalue weighted by atomic mass is 35.5. The molecule has 2 amide bonds. The van der Waals surface area contributed by atoms with Crippen LogP contribution in [0.25, 0.3) is 21.5 Å². The van der Waals surface area contributed by atoms with Gasteiger partial charge in [-0.15, -0.1) is 0 Å². The Bertz CT molecular complexity index is 3190. The van der Waals surface area contributed by atoms with Gasteiger partial charge in [-0.1, -0.05) is 112 Å². The molecule has 0 radical (unpaired) electrons. The Balaban J connectivity index is 0.000000214. The molecule has 0 bridgehead atoms. The molecule has 10 nitrogen and oxygen atoms in total. The highest BCUT2D eigenvalue weighted by Crippen LogP contribution is 2.43. The van der Waals surface area contributed by atoms with Crippen molar-refractivity contribution in [3.05, 3.63) is 163 Å². The minimum Gasteiger partial charge on any atom is -0.384 e. The number of rotatable bonds is 14. The van der Waals surface area contributed by atoms with Gasteiger partial charge in [0.15, 0.2) is 28.6 Å². The molecule has 2 aliphatic rings. The fraction of sp³-hybridized carbons (Fsp3) is 0.296. The van der Waals surface area contributed by atoms with Crippen molar-refractivity contribution in [3.63, 3.8) is 0 Å². The molecule has 2 aliphatic heterocycles. The van der Waals surface area contributed by atoms with Crippen molar-refractivity contribution in [1.82, 2.24) is 10.6 Å². The molecule has 2 atom stereocenters. The number of amides is 2. The maximum atomic E-state index is 14.1. The van der Waals surface area contributed by atoms with Crippen LogP contribution in [0.4, 0.5) is 30.7 Å². The normalized spacial score (nSPS) is 17.5. The van der Waals surface area contributed by atoms with E-state index in [2.05, 4.69) is 15.6 Å². The van der Waals surface area contributed by atoms with Crippen LogP contribution in [0.2, 0.25) is 10.0 Å². The van der Waals surface area contributed by atoms with Crippen LogP contribution in [0.3, 0.4) is 0 Å². The summed E-state index contributed by atoms with van der Waals surface area (Å²) < 4.78 is 91.0. The predicted octanol–water partition coefficient (Wildman–Crippen LogP) is 13.3. The van der Waals surface area contributed by atoms with E-state index in [1.807, 2.05) is 44.2 Å². The minimum absolute atomic E-state index is 0.0337. The summed E-state index contributed by atoms with van der Waals surface area (Å²) in [6, 6.07) is 28.8. The third kappa shape index (κ3) is 12.5. The Morgan fingerprint density at radius 2 is 1.10 bits per heavy atom. The molecule has 2 unspecified atom stereocenters. The number of halogens is 9. The van der Waals surface area contributed by atoms with Crippen LogP contribution in [0.15, 0.2) is 113 Å². The number of nitrogens with zero attached hydrogens (tertiary/aromatic N) is 2. The summed E-state index contributed by atoms with van der Waals surface area (Å²) in [5.74, 6) is -3.09. The number of benzene rings is 6. The zero-order valence-corrected chi connectivity index (χ0v) is 41.2. The van der Waals surface area contributed by atoms with Crippen LogP contribution in [-0.4, -0.2) is 54.1 Å². The van der Waals surface area contributed by atoms with Gasteiger partial charge in [-0.25, -0.2) is 4.39 Å². The monoisotopic (exact) mass is 1050 g/mol. The highest BCUT2D eigenvalue weighted by Gasteiger charge is 2.42. The number of carbonyl (C=O) groups excluding carboxylic acids is 4. The summed E-state index contributed by atoms with van der Waals surface area (Å²) in [7, 11) is 0. The molecule has 0 aromatic heterocycles. The molecule has 19 heteroatoms. The van der Waals surface area contributed by atoms with E-state index in [9.17, 15) is 49.9 Å². The maximum Gasteiger partial charge on any atom is 0.419 e. The van der Waals surface area contributed by atoms with Crippen LogP contribution in [0.5, 0.6) is 0 Å².